The molecule has 1 aliphatic heterocycles. The number of amides is 1. The first-order chi connectivity index (χ1) is 10.3. The molecule has 124 valence electrons. The third kappa shape index (κ3) is 4.56. The first-order valence-corrected chi connectivity index (χ1v) is 9.10. The Labute approximate surface area is 131 Å². The van der Waals surface area contributed by atoms with Gasteiger partial charge in [0.25, 0.3) is 0 Å². The fourth-order valence-electron chi connectivity index (χ4n) is 2.31. The van der Waals surface area contributed by atoms with Gasteiger partial charge in [-0.3, -0.25) is 9.69 Å². The molecule has 2 rings (SSSR count). The molecule has 8 heteroatoms. The topological polar surface area (TPSA) is 82.9 Å². The fourth-order valence-corrected chi connectivity index (χ4v) is 2.67. The van der Waals surface area contributed by atoms with Gasteiger partial charge in [-0.25, -0.2) is 8.42 Å². The van der Waals surface area contributed by atoms with Crippen molar-refractivity contribution in [3.8, 4) is 0 Å². The van der Waals surface area contributed by atoms with Gasteiger partial charge in [0, 0.05) is 32.6 Å². The van der Waals surface area contributed by atoms with Crippen molar-refractivity contribution in [3.63, 3.8) is 0 Å². The summed E-state index contributed by atoms with van der Waals surface area (Å²) in [6.45, 7) is 4.20. The second kappa shape index (κ2) is 6.80. The highest BCUT2D eigenvalue weighted by Crippen LogP contribution is 2.16. The van der Waals surface area contributed by atoms with E-state index in [0.29, 0.717) is 31.8 Å². The quantitative estimate of drug-likeness (QED) is 0.844. The van der Waals surface area contributed by atoms with Crippen molar-refractivity contribution in [1.29, 1.82) is 0 Å². The molecule has 0 saturated carbocycles. The first-order valence-electron chi connectivity index (χ1n) is 7.25. The summed E-state index contributed by atoms with van der Waals surface area (Å²) in [5, 5.41) is 2.87. The third-order valence-corrected chi connectivity index (χ3v) is 5.13. The maximum atomic E-state index is 11.4. The van der Waals surface area contributed by atoms with Crippen molar-refractivity contribution in [3.05, 3.63) is 23.7 Å². The molecule has 1 atom stereocenters. The molecule has 0 bridgehead atoms. The molecule has 0 aromatic carbocycles. The standard InChI is InChI=1S/C14H23N3O4S/c1-11-8-15-14(18)6-7-17(11)10-13-5-4-12(21-13)9-16(2)22(3,19)20/h4-5,11H,6-10H2,1-3H3,(H,15,18). The van der Waals surface area contributed by atoms with E-state index in [2.05, 4.69) is 17.1 Å². The van der Waals surface area contributed by atoms with E-state index in [1.807, 2.05) is 6.07 Å². The number of nitrogens with zero attached hydrogens (tertiary/aromatic N) is 2. The van der Waals surface area contributed by atoms with Crippen LogP contribution in [-0.2, 0) is 27.9 Å². The minimum absolute atomic E-state index is 0.0734. The van der Waals surface area contributed by atoms with E-state index < -0.39 is 10.0 Å². The molecule has 1 aromatic heterocycles. The third-order valence-electron chi connectivity index (χ3n) is 3.86. The van der Waals surface area contributed by atoms with E-state index >= 15 is 0 Å². The van der Waals surface area contributed by atoms with Crippen LogP contribution in [0.5, 0.6) is 0 Å². The summed E-state index contributed by atoms with van der Waals surface area (Å²) in [6.07, 6.45) is 1.65. The maximum Gasteiger partial charge on any atom is 0.221 e. The van der Waals surface area contributed by atoms with Crippen LogP contribution in [0.2, 0.25) is 0 Å². The molecule has 1 unspecified atom stereocenters. The molecule has 1 aliphatic rings. The zero-order valence-corrected chi connectivity index (χ0v) is 14.0. The van der Waals surface area contributed by atoms with Crippen LogP contribution in [0.4, 0.5) is 0 Å². The summed E-state index contributed by atoms with van der Waals surface area (Å²) in [7, 11) is -1.70. The van der Waals surface area contributed by atoms with Gasteiger partial charge in [-0.1, -0.05) is 0 Å². The monoisotopic (exact) mass is 329 g/mol. The van der Waals surface area contributed by atoms with Crippen LogP contribution in [-0.4, -0.2) is 56.0 Å². The van der Waals surface area contributed by atoms with Gasteiger partial charge in [0.05, 0.1) is 19.3 Å². The Kier molecular flexibility index (Phi) is 5.25. The molecule has 1 aromatic rings. The highest BCUT2D eigenvalue weighted by atomic mass is 32.2. The first kappa shape index (κ1) is 17.0. The Hall–Kier alpha value is -1.38. The lowest BCUT2D eigenvalue weighted by atomic mass is 10.2. The van der Waals surface area contributed by atoms with E-state index in [1.165, 1.54) is 17.6 Å². The van der Waals surface area contributed by atoms with E-state index in [1.54, 1.807) is 6.07 Å². The van der Waals surface area contributed by atoms with Crippen molar-refractivity contribution in [2.45, 2.75) is 32.5 Å². The van der Waals surface area contributed by atoms with Crippen LogP contribution in [0, 0.1) is 0 Å². The lowest BCUT2D eigenvalue weighted by Crippen LogP contribution is -2.37. The van der Waals surface area contributed by atoms with Crippen LogP contribution in [0.25, 0.3) is 0 Å². The molecule has 1 saturated heterocycles. The number of hydrogen-bond acceptors (Lipinski definition) is 5. The molecule has 0 radical (unpaired) electrons. The van der Waals surface area contributed by atoms with Gasteiger partial charge in [0.1, 0.15) is 11.5 Å². The Balaban J connectivity index is 1.98. The summed E-state index contributed by atoms with van der Waals surface area (Å²) in [6, 6.07) is 3.89. The molecule has 22 heavy (non-hydrogen) atoms. The Morgan fingerprint density at radius 1 is 1.41 bits per heavy atom. The number of nitrogens with one attached hydrogen (secondary N) is 1. The van der Waals surface area contributed by atoms with Crippen LogP contribution in [0.3, 0.4) is 0 Å². The molecule has 1 amide bonds. The van der Waals surface area contributed by atoms with Crippen molar-refractivity contribution < 1.29 is 17.6 Å². The minimum atomic E-state index is -3.22. The SMILES string of the molecule is CC1CNC(=O)CCN1Cc1ccc(CN(C)S(C)(=O)=O)o1. The Bertz CT molecular complexity index is 626. The second-order valence-corrected chi connectivity index (χ2v) is 7.85. The Morgan fingerprint density at radius 2 is 2.09 bits per heavy atom. The van der Waals surface area contributed by atoms with Crippen LogP contribution >= 0.6 is 0 Å². The number of furan rings is 1. The molecule has 0 spiro atoms. The van der Waals surface area contributed by atoms with Crippen molar-refractivity contribution in [2.75, 3.05) is 26.4 Å². The summed E-state index contributed by atoms with van der Waals surface area (Å²) >= 11 is 0. The van der Waals surface area contributed by atoms with Gasteiger partial charge >= 0.3 is 0 Å². The second-order valence-electron chi connectivity index (χ2n) is 5.76. The summed E-state index contributed by atoms with van der Waals surface area (Å²) in [5.74, 6) is 1.46. The minimum Gasteiger partial charge on any atom is -0.463 e. The van der Waals surface area contributed by atoms with Gasteiger partial charge in [0.2, 0.25) is 15.9 Å². The summed E-state index contributed by atoms with van der Waals surface area (Å²) < 4.78 is 29.8. The lowest BCUT2D eigenvalue weighted by Gasteiger charge is -2.24. The number of sulfonamides is 1. The van der Waals surface area contributed by atoms with Gasteiger partial charge in [-0.05, 0) is 19.1 Å². The molecule has 1 fully saturated rings. The summed E-state index contributed by atoms with van der Waals surface area (Å²) in [4.78, 5) is 13.6. The normalized spacial score (nSPS) is 20.9. The largest absolute Gasteiger partial charge is 0.463 e. The molecular weight excluding hydrogens is 306 g/mol. The predicted octanol–water partition coefficient (Wildman–Crippen LogP) is 0.381. The van der Waals surface area contributed by atoms with Crippen molar-refractivity contribution in [1.82, 2.24) is 14.5 Å². The molecule has 0 aliphatic carbocycles. The number of rotatable bonds is 5. The zero-order valence-electron chi connectivity index (χ0n) is 13.2. The van der Waals surface area contributed by atoms with Gasteiger partial charge < -0.3 is 9.73 Å². The maximum absolute atomic E-state index is 11.4. The van der Waals surface area contributed by atoms with Gasteiger partial charge in [0.15, 0.2) is 0 Å². The predicted molar refractivity (Wildman–Crippen MR) is 82.5 cm³/mol. The Morgan fingerprint density at radius 3 is 2.77 bits per heavy atom. The van der Waals surface area contributed by atoms with Crippen LogP contribution in [0.1, 0.15) is 24.9 Å². The molecular formula is C14H23N3O4S. The van der Waals surface area contributed by atoms with Crippen LogP contribution < -0.4 is 5.32 Å². The van der Waals surface area contributed by atoms with E-state index in [4.69, 9.17) is 4.42 Å². The van der Waals surface area contributed by atoms with Crippen LogP contribution in [0.15, 0.2) is 16.5 Å². The highest BCUT2D eigenvalue weighted by molar-refractivity contribution is 7.88. The number of carbonyl (C=O) groups excluding carboxylic acids is 1. The van der Waals surface area contributed by atoms with Crippen molar-refractivity contribution >= 4 is 15.9 Å². The molecule has 2 heterocycles. The van der Waals surface area contributed by atoms with E-state index in [-0.39, 0.29) is 18.5 Å². The van der Waals surface area contributed by atoms with Gasteiger partial charge in [-0.2, -0.15) is 4.31 Å². The molecule has 7 nitrogen and oxygen atoms in total. The van der Waals surface area contributed by atoms with Gasteiger partial charge in [-0.15, -0.1) is 0 Å². The number of hydrogen-bond donors (Lipinski definition) is 1. The molecule has 1 N–H and O–H groups in total. The van der Waals surface area contributed by atoms with E-state index in [9.17, 15) is 13.2 Å². The fraction of sp³-hybridized carbons (Fsp3) is 0.643. The number of carbonyl (C=O) groups is 1. The summed E-state index contributed by atoms with van der Waals surface area (Å²) in [5.41, 5.74) is 0. The smallest absolute Gasteiger partial charge is 0.221 e. The average Bonchev–Trinajstić information content (AvgIpc) is 2.80. The lowest BCUT2D eigenvalue weighted by molar-refractivity contribution is -0.120. The zero-order chi connectivity index (χ0) is 16.3. The van der Waals surface area contributed by atoms with E-state index in [0.717, 1.165) is 5.76 Å². The van der Waals surface area contributed by atoms with Crippen molar-refractivity contribution in [2.24, 2.45) is 0 Å². The average molecular weight is 329 g/mol. The highest BCUT2D eigenvalue weighted by Gasteiger charge is 2.21.